The molecule has 2 amide bonds. The van der Waals surface area contributed by atoms with Crippen LogP contribution in [0.3, 0.4) is 0 Å². The van der Waals surface area contributed by atoms with Gasteiger partial charge in [-0.25, -0.2) is 0 Å². The Kier molecular flexibility index (Phi) is 29.6. The first-order valence-corrected chi connectivity index (χ1v) is 21.2. The van der Waals surface area contributed by atoms with Gasteiger partial charge in [0.25, 0.3) is 0 Å². The zero-order valence-corrected chi connectivity index (χ0v) is 37.2. The third-order valence-corrected chi connectivity index (χ3v) is 10.3. The number of nitrogens with one attached hydrogen (secondary N) is 2. The molecule has 0 aromatic rings. The van der Waals surface area contributed by atoms with Crippen molar-refractivity contribution in [3.05, 3.63) is 0 Å². The molecule has 4 N–H and O–H groups in total. The van der Waals surface area contributed by atoms with Gasteiger partial charge in [-0.1, -0.05) is 0 Å². The van der Waals surface area contributed by atoms with Crippen LogP contribution in [0.1, 0.15) is 138 Å². The molecule has 0 radical (unpaired) electrons. The molecular weight excluding hydrogens is 812 g/mol. The maximum atomic E-state index is 13.3. The fraction of sp³-hybridized carbons (Fsp3) is 0.727. The van der Waals surface area contributed by atoms with E-state index in [4.69, 9.17) is 9.47 Å². The SMILES string of the molecule is CC(=O)CCC(CC(=O)CCC(NC(=O)COCCOCCNC(=O)CCC(CC(=O)CCC(C(=O)O)C(=O)CCC(C)O)C(C)=O)C(=O)CC(CCC(C)=O)C(C)=O)C(C)=O. The van der Waals surface area contributed by atoms with Crippen molar-refractivity contribution < 1.29 is 77.2 Å². The number of carbonyl (C=O) groups excluding carboxylic acids is 11. The molecule has 18 heteroatoms. The first-order chi connectivity index (χ1) is 29.0. The van der Waals surface area contributed by atoms with Crippen molar-refractivity contribution in [3.8, 4) is 0 Å². The summed E-state index contributed by atoms with van der Waals surface area (Å²) in [5.74, 6) is -8.98. The molecule has 0 bridgehead atoms. The van der Waals surface area contributed by atoms with E-state index in [9.17, 15) is 67.7 Å². The average molecular weight is 881 g/mol. The van der Waals surface area contributed by atoms with Crippen molar-refractivity contribution >= 4 is 69.8 Å². The number of carboxylic acid groups (broad SMARTS) is 1. The maximum absolute atomic E-state index is 13.3. The number of carbonyl (C=O) groups is 12. The zero-order chi connectivity index (χ0) is 47.4. The number of ether oxygens (including phenoxy) is 2. The number of ketones is 9. The third-order valence-electron chi connectivity index (χ3n) is 10.3. The molecule has 6 unspecified atom stereocenters. The number of amides is 2. The van der Waals surface area contributed by atoms with Gasteiger partial charge < -0.3 is 39.9 Å². The van der Waals surface area contributed by atoms with Gasteiger partial charge in [0.05, 0.1) is 32.0 Å². The van der Waals surface area contributed by atoms with Crippen LogP contribution in [0.2, 0.25) is 0 Å². The highest BCUT2D eigenvalue weighted by molar-refractivity contribution is 5.99. The Morgan fingerprint density at radius 2 is 1.00 bits per heavy atom. The van der Waals surface area contributed by atoms with Crippen LogP contribution < -0.4 is 10.6 Å². The van der Waals surface area contributed by atoms with Crippen LogP contribution in [0.5, 0.6) is 0 Å². The molecule has 0 aliphatic carbocycles. The predicted octanol–water partition coefficient (Wildman–Crippen LogP) is 2.62. The average Bonchev–Trinajstić information content (AvgIpc) is 3.17. The van der Waals surface area contributed by atoms with E-state index in [1.165, 1.54) is 41.5 Å². The molecule has 0 saturated carbocycles. The quantitative estimate of drug-likeness (QED) is 0.0510. The number of aliphatic hydroxyl groups is 1. The Balaban J connectivity index is 4.91. The summed E-state index contributed by atoms with van der Waals surface area (Å²) >= 11 is 0. The molecule has 18 nitrogen and oxygen atoms in total. The summed E-state index contributed by atoms with van der Waals surface area (Å²) in [6.07, 6.45) is -1.52. The number of rotatable bonds is 39. The Morgan fingerprint density at radius 1 is 0.516 bits per heavy atom. The second-order valence-corrected chi connectivity index (χ2v) is 16.1. The van der Waals surface area contributed by atoms with Crippen LogP contribution in [0.25, 0.3) is 0 Å². The van der Waals surface area contributed by atoms with E-state index in [2.05, 4.69) is 10.6 Å². The zero-order valence-electron chi connectivity index (χ0n) is 37.2. The summed E-state index contributed by atoms with van der Waals surface area (Å²) in [7, 11) is 0. The van der Waals surface area contributed by atoms with Gasteiger partial charge in [0.2, 0.25) is 11.8 Å². The highest BCUT2D eigenvalue weighted by Crippen LogP contribution is 2.20. The number of Topliss-reactive ketones (excluding diaryl/α,β-unsaturated/α-hetero) is 9. The van der Waals surface area contributed by atoms with Crippen molar-refractivity contribution in [3.63, 3.8) is 0 Å². The van der Waals surface area contributed by atoms with Crippen molar-refractivity contribution in [1.82, 2.24) is 10.6 Å². The summed E-state index contributed by atoms with van der Waals surface area (Å²) in [5, 5.41) is 24.0. The van der Waals surface area contributed by atoms with Gasteiger partial charge in [-0.3, -0.25) is 47.9 Å². The number of aliphatic hydroxyl groups excluding tert-OH is 1. The fourth-order valence-electron chi connectivity index (χ4n) is 6.39. The lowest BCUT2D eigenvalue weighted by molar-refractivity contribution is -0.147. The largest absolute Gasteiger partial charge is 0.481 e. The van der Waals surface area contributed by atoms with Gasteiger partial charge in [-0.2, -0.15) is 0 Å². The third kappa shape index (κ3) is 28.0. The summed E-state index contributed by atoms with van der Waals surface area (Å²) in [4.78, 5) is 147. The number of carboxylic acids is 1. The maximum Gasteiger partial charge on any atom is 0.314 e. The minimum absolute atomic E-state index is 0.0286. The number of hydrogen-bond donors (Lipinski definition) is 4. The van der Waals surface area contributed by atoms with Gasteiger partial charge >= 0.3 is 5.97 Å². The molecule has 0 fully saturated rings. The highest BCUT2D eigenvalue weighted by atomic mass is 16.5. The van der Waals surface area contributed by atoms with Crippen LogP contribution in [0.4, 0.5) is 0 Å². The lowest BCUT2D eigenvalue weighted by Crippen LogP contribution is -2.44. The van der Waals surface area contributed by atoms with Gasteiger partial charge in [-0.05, 0) is 80.1 Å². The number of aliphatic carboxylic acids is 1. The van der Waals surface area contributed by atoms with Crippen molar-refractivity contribution in [2.24, 2.45) is 23.7 Å². The Labute approximate surface area is 363 Å². The first kappa shape index (κ1) is 57.3. The van der Waals surface area contributed by atoms with Gasteiger partial charge in [-0.15, -0.1) is 0 Å². The standard InChI is InChI=1S/C44H68N2O16/c1-27(47)7-10-33(30(4)50)23-37(54)14-16-39(41(56)25-35(32(6)52)11-8-28(2)48)46-43(58)26-62-22-21-61-20-19-45-42(57)18-12-34(31(5)51)24-36(53)13-15-38(44(59)60)40(55)17-9-29(3)49/h29,33-35,38-39,49H,7-26H2,1-6H3,(H,45,57)(H,46,58)(H,59,60). The van der Waals surface area contributed by atoms with Crippen LogP contribution in [0.15, 0.2) is 0 Å². The normalized spacial score (nSPS) is 14.0. The summed E-state index contributed by atoms with van der Waals surface area (Å²) in [6.45, 7) is 7.85. The van der Waals surface area contributed by atoms with Gasteiger partial charge in [0.1, 0.15) is 58.8 Å². The summed E-state index contributed by atoms with van der Waals surface area (Å²) in [5.41, 5.74) is 0. The van der Waals surface area contributed by atoms with E-state index in [1.807, 2.05) is 0 Å². The van der Waals surface area contributed by atoms with E-state index in [0.717, 1.165) is 0 Å². The van der Waals surface area contributed by atoms with E-state index < -0.39 is 77.6 Å². The smallest absolute Gasteiger partial charge is 0.314 e. The molecule has 0 heterocycles. The molecule has 0 aromatic heterocycles. The van der Waals surface area contributed by atoms with Gasteiger partial charge in [0, 0.05) is 82.1 Å². The molecule has 62 heavy (non-hydrogen) atoms. The minimum Gasteiger partial charge on any atom is -0.481 e. The summed E-state index contributed by atoms with van der Waals surface area (Å²) in [6, 6.07) is -1.16. The van der Waals surface area contributed by atoms with Crippen molar-refractivity contribution in [2.75, 3.05) is 33.0 Å². The first-order valence-electron chi connectivity index (χ1n) is 21.2. The van der Waals surface area contributed by atoms with E-state index in [1.54, 1.807) is 0 Å². The second kappa shape index (κ2) is 32.1. The molecule has 0 aliphatic rings. The Hall–Kier alpha value is -4.68. The number of hydrogen-bond acceptors (Lipinski definition) is 15. The van der Waals surface area contributed by atoms with E-state index >= 15 is 0 Å². The van der Waals surface area contributed by atoms with Gasteiger partial charge in [0.15, 0.2) is 5.78 Å². The molecule has 0 aliphatic heterocycles. The van der Waals surface area contributed by atoms with E-state index in [0.29, 0.717) is 0 Å². The molecule has 6 atom stereocenters. The topological polar surface area (TPSA) is 288 Å². The monoisotopic (exact) mass is 880 g/mol. The molecule has 0 spiro atoms. The lowest BCUT2D eigenvalue weighted by atomic mass is 9.88. The van der Waals surface area contributed by atoms with Crippen molar-refractivity contribution in [1.29, 1.82) is 0 Å². The highest BCUT2D eigenvalue weighted by Gasteiger charge is 2.29. The summed E-state index contributed by atoms with van der Waals surface area (Å²) < 4.78 is 10.8. The lowest BCUT2D eigenvalue weighted by Gasteiger charge is -2.21. The van der Waals surface area contributed by atoms with Crippen LogP contribution in [-0.2, 0) is 67.0 Å². The van der Waals surface area contributed by atoms with Crippen LogP contribution in [0, 0.1) is 23.7 Å². The predicted molar refractivity (Wildman–Crippen MR) is 223 cm³/mol. The molecular formula is C44H68N2O16. The van der Waals surface area contributed by atoms with Crippen LogP contribution in [-0.4, -0.2) is 125 Å². The van der Waals surface area contributed by atoms with Crippen molar-refractivity contribution in [2.45, 2.75) is 150 Å². The molecule has 0 saturated heterocycles. The Morgan fingerprint density at radius 3 is 1.48 bits per heavy atom. The second-order valence-electron chi connectivity index (χ2n) is 16.1. The molecule has 350 valence electrons. The Bertz CT molecular complexity index is 1570. The molecule has 0 aromatic carbocycles. The minimum atomic E-state index is -1.40. The van der Waals surface area contributed by atoms with E-state index in [-0.39, 0.29) is 157 Å². The molecule has 0 rings (SSSR count). The van der Waals surface area contributed by atoms with Crippen LogP contribution >= 0.6 is 0 Å². The fourth-order valence-corrected chi connectivity index (χ4v) is 6.39.